The summed E-state index contributed by atoms with van der Waals surface area (Å²) in [5, 5.41) is 6.02. The molecule has 2 aliphatic rings. The van der Waals surface area contributed by atoms with Gasteiger partial charge in [0.2, 0.25) is 5.91 Å². The van der Waals surface area contributed by atoms with Crippen molar-refractivity contribution in [3.63, 3.8) is 0 Å². The van der Waals surface area contributed by atoms with Gasteiger partial charge in [-0.1, -0.05) is 24.3 Å². The Labute approximate surface area is 198 Å². The molecule has 4 heterocycles. The third kappa shape index (κ3) is 3.85. The van der Waals surface area contributed by atoms with Crippen molar-refractivity contribution in [2.75, 3.05) is 26.3 Å². The number of nitrogens with zero attached hydrogens (tertiary/aromatic N) is 4. The molecule has 4 aromatic rings. The Morgan fingerprint density at radius 2 is 1.91 bits per heavy atom. The molecule has 1 fully saturated rings. The molecule has 0 bridgehead atoms. The Kier molecular flexibility index (Phi) is 5.73. The number of hydrogen-bond donors (Lipinski definition) is 1. The lowest BCUT2D eigenvalue weighted by atomic mass is 9.92. The zero-order valence-electron chi connectivity index (χ0n) is 19.2. The highest BCUT2D eigenvalue weighted by Crippen LogP contribution is 2.32. The quantitative estimate of drug-likeness (QED) is 0.498. The van der Waals surface area contributed by atoms with Gasteiger partial charge in [0.1, 0.15) is 6.54 Å². The highest BCUT2D eigenvalue weighted by molar-refractivity contribution is 6.09. The van der Waals surface area contributed by atoms with Crippen LogP contribution in [0.25, 0.3) is 21.8 Å². The van der Waals surface area contributed by atoms with E-state index in [2.05, 4.69) is 45.2 Å². The third-order valence-corrected chi connectivity index (χ3v) is 7.12. The first-order chi connectivity index (χ1) is 16.8. The first-order valence-electron chi connectivity index (χ1n) is 12.2. The summed E-state index contributed by atoms with van der Waals surface area (Å²) in [5.41, 5.74) is 5.56. The summed E-state index contributed by atoms with van der Waals surface area (Å²) >= 11 is 0. The van der Waals surface area contributed by atoms with Crippen molar-refractivity contribution in [1.29, 1.82) is 0 Å². The van der Waals surface area contributed by atoms with Crippen LogP contribution in [0.5, 0.6) is 0 Å². The number of carbonyl (C=O) groups excluding carboxylic acids is 1. The van der Waals surface area contributed by atoms with E-state index in [0.717, 1.165) is 52.5 Å². The van der Waals surface area contributed by atoms with Crippen LogP contribution < -0.4 is 5.32 Å². The molecule has 0 spiro atoms. The van der Waals surface area contributed by atoms with Crippen LogP contribution in [-0.4, -0.2) is 51.6 Å². The fourth-order valence-electron chi connectivity index (χ4n) is 5.44. The number of amides is 1. The summed E-state index contributed by atoms with van der Waals surface area (Å²) in [4.78, 5) is 24.6. The van der Waals surface area contributed by atoms with Crippen molar-refractivity contribution < 1.29 is 9.53 Å². The van der Waals surface area contributed by atoms with E-state index in [1.54, 1.807) is 0 Å². The maximum Gasteiger partial charge on any atom is 0.242 e. The van der Waals surface area contributed by atoms with Crippen LogP contribution in [0.3, 0.4) is 0 Å². The molecule has 1 N–H and O–H groups in total. The standard InChI is InChI=1S/C27H29N5O2/c33-25(31-13-15-34-16-14-31)18-32-24-9-2-1-7-20(24)21-10-12-28-23(27(21)32)17-30-22-8-3-5-19-6-4-11-29-26(19)22/h1-2,4,6-7,9-12,22,30H,3,5,8,13-18H2. The molecule has 7 heteroatoms. The molecule has 0 saturated carbocycles. The molecule has 1 atom stereocenters. The number of morpholine rings is 1. The first-order valence-corrected chi connectivity index (χ1v) is 12.2. The Hall–Kier alpha value is -3.29. The zero-order valence-corrected chi connectivity index (χ0v) is 19.2. The van der Waals surface area contributed by atoms with Gasteiger partial charge in [0.25, 0.3) is 0 Å². The first kappa shape index (κ1) is 21.3. The number of rotatable bonds is 5. The van der Waals surface area contributed by atoms with E-state index in [9.17, 15) is 4.79 Å². The average Bonchev–Trinajstić information content (AvgIpc) is 3.22. The second-order valence-corrected chi connectivity index (χ2v) is 9.12. The number of aryl methyl sites for hydroxylation is 1. The Morgan fingerprint density at radius 1 is 1.03 bits per heavy atom. The average molecular weight is 456 g/mol. The predicted octanol–water partition coefficient (Wildman–Crippen LogP) is 3.61. The zero-order chi connectivity index (χ0) is 22.9. The molecule has 1 saturated heterocycles. The van der Waals surface area contributed by atoms with Gasteiger partial charge in [-0.3, -0.25) is 14.8 Å². The number of hydrogen-bond acceptors (Lipinski definition) is 5. The molecule has 174 valence electrons. The van der Waals surface area contributed by atoms with Gasteiger partial charge in [0, 0.05) is 48.3 Å². The summed E-state index contributed by atoms with van der Waals surface area (Å²) in [6.45, 7) is 3.43. The van der Waals surface area contributed by atoms with Gasteiger partial charge in [0.05, 0.1) is 36.2 Å². The molecule has 34 heavy (non-hydrogen) atoms. The number of pyridine rings is 2. The highest BCUT2D eigenvalue weighted by atomic mass is 16.5. The van der Waals surface area contributed by atoms with E-state index in [1.165, 1.54) is 5.56 Å². The topological polar surface area (TPSA) is 72.3 Å². The maximum absolute atomic E-state index is 13.2. The third-order valence-electron chi connectivity index (χ3n) is 7.12. The summed E-state index contributed by atoms with van der Waals surface area (Å²) in [6.07, 6.45) is 7.08. The Bertz CT molecular complexity index is 1340. The molecule has 1 unspecified atom stereocenters. The molecule has 1 aliphatic carbocycles. The lowest BCUT2D eigenvalue weighted by Gasteiger charge is -2.27. The van der Waals surface area contributed by atoms with Gasteiger partial charge in [0.15, 0.2) is 0 Å². The summed E-state index contributed by atoms with van der Waals surface area (Å²) < 4.78 is 7.59. The van der Waals surface area contributed by atoms with Crippen molar-refractivity contribution in [2.24, 2.45) is 0 Å². The van der Waals surface area contributed by atoms with Crippen molar-refractivity contribution in [3.05, 3.63) is 71.8 Å². The molecule has 1 aromatic carbocycles. The van der Waals surface area contributed by atoms with E-state index in [0.29, 0.717) is 39.4 Å². The lowest BCUT2D eigenvalue weighted by molar-refractivity contribution is -0.135. The van der Waals surface area contributed by atoms with Gasteiger partial charge in [-0.25, -0.2) is 0 Å². The van der Waals surface area contributed by atoms with Crippen LogP contribution >= 0.6 is 0 Å². The molecular weight excluding hydrogens is 426 g/mol. The van der Waals surface area contributed by atoms with E-state index in [-0.39, 0.29) is 11.9 Å². The fourth-order valence-corrected chi connectivity index (χ4v) is 5.44. The molecule has 0 radical (unpaired) electrons. The van der Waals surface area contributed by atoms with E-state index in [4.69, 9.17) is 9.72 Å². The Morgan fingerprint density at radius 3 is 2.82 bits per heavy atom. The number of aromatic nitrogens is 3. The van der Waals surface area contributed by atoms with E-state index in [1.807, 2.05) is 29.4 Å². The van der Waals surface area contributed by atoms with Crippen molar-refractivity contribution >= 4 is 27.7 Å². The molecular formula is C27H29N5O2. The number of fused-ring (bicyclic) bond motifs is 4. The van der Waals surface area contributed by atoms with Crippen LogP contribution in [0.1, 0.15) is 35.8 Å². The van der Waals surface area contributed by atoms with Crippen molar-refractivity contribution in [1.82, 2.24) is 24.8 Å². The number of para-hydroxylation sites is 1. The van der Waals surface area contributed by atoms with E-state index < -0.39 is 0 Å². The van der Waals surface area contributed by atoms with Crippen LogP contribution in [0.15, 0.2) is 54.9 Å². The van der Waals surface area contributed by atoms with Crippen molar-refractivity contribution in [2.45, 2.75) is 38.4 Å². The number of benzene rings is 1. The number of nitrogens with one attached hydrogen (secondary N) is 1. The van der Waals surface area contributed by atoms with Crippen LogP contribution in [0.4, 0.5) is 0 Å². The number of ether oxygens (including phenoxy) is 1. The SMILES string of the molecule is O=C(Cn1c2ccccc2c2ccnc(CNC3CCCc4cccnc43)c21)N1CCOCC1. The minimum absolute atomic E-state index is 0.124. The fraction of sp³-hybridized carbons (Fsp3) is 0.370. The molecule has 6 rings (SSSR count). The van der Waals surface area contributed by atoms with Crippen LogP contribution in [0.2, 0.25) is 0 Å². The summed E-state index contributed by atoms with van der Waals surface area (Å²) in [5.74, 6) is 0.124. The normalized spacial score (nSPS) is 18.4. The van der Waals surface area contributed by atoms with Gasteiger partial charge >= 0.3 is 0 Å². The molecule has 1 aliphatic heterocycles. The maximum atomic E-state index is 13.2. The largest absolute Gasteiger partial charge is 0.378 e. The smallest absolute Gasteiger partial charge is 0.242 e. The minimum atomic E-state index is 0.124. The van der Waals surface area contributed by atoms with Gasteiger partial charge in [-0.15, -0.1) is 0 Å². The predicted molar refractivity (Wildman–Crippen MR) is 131 cm³/mol. The Balaban J connectivity index is 1.36. The van der Waals surface area contributed by atoms with Crippen molar-refractivity contribution in [3.8, 4) is 0 Å². The molecule has 1 amide bonds. The molecule has 3 aromatic heterocycles. The number of carbonyl (C=O) groups is 1. The highest BCUT2D eigenvalue weighted by Gasteiger charge is 2.24. The minimum Gasteiger partial charge on any atom is -0.378 e. The van der Waals surface area contributed by atoms with Gasteiger partial charge in [-0.05, 0) is 43.0 Å². The second-order valence-electron chi connectivity index (χ2n) is 9.12. The van der Waals surface area contributed by atoms with E-state index >= 15 is 0 Å². The summed E-state index contributed by atoms with van der Waals surface area (Å²) in [7, 11) is 0. The lowest BCUT2D eigenvalue weighted by Crippen LogP contribution is -2.42. The van der Waals surface area contributed by atoms with Gasteiger partial charge < -0.3 is 19.5 Å². The van der Waals surface area contributed by atoms with Gasteiger partial charge in [-0.2, -0.15) is 0 Å². The molecule has 7 nitrogen and oxygen atoms in total. The monoisotopic (exact) mass is 455 g/mol. The van der Waals surface area contributed by atoms with Crippen LogP contribution in [0, 0.1) is 0 Å². The van der Waals surface area contributed by atoms with Crippen LogP contribution in [-0.2, 0) is 29.0 Å². The summed E-state index contributed by atoms with van der Waals surface area (Å²) in [6, 6.07) is 14.8. The second kappa shape index (κ2) is 9.16.